The third-order valence-corrected chi connectivity index (χ3v) is 4.55. The molecule has 0 saturated carbocycles. The first kappa shape index (κ1) is 17.0. The van der Waals surface area contributed by atoms with Gasteiger partial charge >= 0.3 is 0 Å². The first-order valence-electron chi connectivity index (χ1n) is 8.50. The van der Waals surface area contributed by atoms with Crippen molar-refractivity contribution in [2.45, 2.75) is 26.7 Å². The fourth-order valence-corrected chi connectivity index (χ4v) is 3.05. The van der Waals surface area contributed by atoms with E-state index in [0.717, 1.165) is 28.3 Å². The summed E-state index contributed by atoms with van der Waals surface area (Å²) in [4.78, 5) is 14.2. The number of anilines is 1. The van der Waals surface area contributed by atoms with Crippen LogP contribution < -0.4 is 4.90 Å². The van der Waals surface area contributed by atoms with E-state index in [1.807, 2.05) is 79.3 Å². The lowest BCUT2D eigenvalue weighted by atomic mass is 10.1. The summed E-state index contributed by atoms with van der Waals surface area (Å²) in [5.74, 6) is 0.109. The van der Waals surface area contributed by atoms with Gasteiger partial charge in [0.05, 0.1) is 11.4 Å². The first-order valence-corrected chi connectivity index (χ1v) is 8.50. The third kappa shape index (κ3) is 3.63. The van der Waals surface area contributed by atoms with Crippen molar-refractivity contribution in [2.75, 3.05) is 11.9 Å². The highest BCUT2D eigenvalue weighted by molar-refractivity contribution is 5.92. The van der Waals surface area contributed by atoms with Gasteiger partial charge in [-0.05, 0) is 50.1 Å². The minimum atomic E-state index is 0.109. The number of aryl methyl sites for hydroxylation is 1. The molecule has 0 aliphatic heterocycles. The molecular weight excluding hydrogens is 310 g/mol. The summed E-state index contributed by atoms with van der Waals surface area (Å²) in [5, 5.41) is 4.65. The zero-order valence-corrected chi connectivity index (χ0v) is 14.9. The molecular formula is C21H23N3O. The van der Waals surface area contributed by atoms with E-state index < -0.39 is 0 Å². The number of carbonyl (C=O) groups is 1. The minimum absolute atomic E-state index is 0.109. The molecule has 1 amide bonds. The Hall–Kier alpha value is -2.88. The van der Waals surface area contributed by atoms with Crippen molar-refractivity contribution in [1.82, 2.24) is 9.78 Å². The van der Waals surface area contributed by atoms with E-state index in [-0.39, 0.29) is 5.91 Å². The van der Waals surface area contributed by atoms with Crippen LogP contribution in [0.25, 0.3) is 5.69 Å². The quantitative estimate of drug-likeness (QED) is 0.705. The van der Waals surface area contributed by atoms with E-state index >= 15 is 0 Å². The molecule has 0 N–H and O–H groups in total. The number of aromatic nitrogens is 2. The number of benzene rings is 2. The van der Waals surface area contributed by atoms with Crippen LogP contribution in [0.4, 0.5) is 5.69 Å². The third-order valence-electron chi connectivity index (χ3n) is 4.55. The number of nitrogens with zero attached hydrogens (tertiary/aromatic N) is 3. The zero-order valence-electron chi connectivity index (χ0n) is 14.9. The minimum Gasteiger partial charge on any atom is -0.315 e. The Labute approximate surface area is 148 Å². The molecule has 0 spiro atoms. The maximum Gasteiger partial charge on any atom is 0.227 e. The predicted molar refractivity (Wildman–Crippen MR) is 101 cm³/mol. The predicted octanol–water partition coefficient (Wildman–Crippen LogP) is 4.08. The normalized spacial score (nSPS) is 10.7. The van der Waals surface area contributed by atoms with Gasteiger partial charge in [0.25, 0.3) is 0 Å². The second-order valence-electron chi connectivity index (χ2n) is 6.19. The lowest BCUT2D eigenvalue weighted by molar-refractivity contribution is -0.118. The fourth-order valence-electron chi connectivity index (χ4n) is 3.05. The van der Waals surface area contributed by atoms with Gasteiger partial charge in [0.2, 0.25) is 5.91 Å². The summed E-state index contributed by atoms with van der Waals surface area (Å²) in [5.41, 5.74) is 5.19. The van der Waals surface area contributed by atoms with Gasteiger partial charge in [-0.1, -0.05) is 36.4 Å². The standard InChI is InChI=1S/C21H23N3O/c1-16-20(17(2)24(22-16)19-12-8-5-9-13-19)14-15-21(25)23(3)18-10-6-4-7-11-18/h4-13H,14-15H2,1-3H3. The van der Waals surface area contributed by atoms with Gasteiger partial charge in [-0.2, -0.15) is 5.10 Å². The van der Waals surface area contributed by atoms with E-state index in [1.54, 1.807) is 4.90 Å². The number of rotatable bonds is 5. The molecule has 1 heterocycles. The molecule has 0 unspecified atom stereocenters. The summed E-state index contributed by atoms with van der Waals surface area (Å²) in [6.07, 6.45) is 1.16. The fraction of sp³-hybridized carbons (Fsp3) is 0.238. The second kappa shape index (κ2) is 7.34. The molecule has 128 valence electrons. The van der Waals surface area contributed by atoms with Crippen molar-refractivity contribution < 1.29 is 4.79 Å². The smallest absolute Gasteiger partial charge is 0.227 e. The highest BCUT2D eigenvalue weighted by Gasteiger charge is 2.16. The van der Waals surface area contributed by atoms with Gasteiger partial charge in [0.15, 0.2) is 0 Å². The number of carbonyl (C=O) groups excluding carboxylic acids is 1. The Morgan fingerprint density at radius 2 is 1.60 bits per heavy atom. The van der Waals surface area contributed by atoms with Crippen LogP contribution in [0.15, 0.2) is 60.7 Å². The molecule has 0 atom stereocenters. The number of hydrogen-bond donors (Lipinski definition) is 0. The van der Waals surface area contributed by atoms with E-state index in [4.69, 9.17) is 0 Å². The second-order valence-corrected chi connectivity index (χ2v) is 6.19. The Bertz CT molecular complexity index is 854. The van der Waals surface area contributed by atoms with Gasteiger partial charge in [0.1, 0.15) is 0 Å². The molecule has 3 rings (SSSR count). The molecule has 3 aromatic rings. The Balaban J connectivity index is 1.74. The van der Waals surface area contributed by atoms with Crippen molar-refractivity contribution in [2.24, 2.45) is 0 Å². The zero-order chi connectivity index (χ0) is 17.8. The molecule has 4 heteroatoms. The topological polar surface area (TPSA) is 38.1 Å². The maximum absolute atomic E-state index is 12.5. The first-order chi connectivity index (χ1) is 12.1. The van der Waals surface area contributed by atoms with Crippen LogP contribution in [-0.2, 0) is 11.2 Å². The van der Waals surface area contributed by atoms with Crippen LogP contribution >= 0.6 is 0 Å². The lowest BCUT2D eigenvalue weighted by Crippen LogP contribution is -2.26. The summed E-state index contributed by atoms with van der Waals surface area (Å²) < 4.78 is 1.95. The van der Waals surface area contributed by atoms with Crippen LogP contribution in [0.1, 0.15) is 23.4 Å². The average Bonchev–Trinajstić information content (AvgIpc) is 2.94. The van der Waals surface area contributed by atoms with E-state index in [9.17, 15) is 4.79 Å². The van der Waals surface area contributed by atoms with Crippen molar-refractivity contribution in [3.05, 3.63) is 77.6 Å². The molecule has 0 aliphatic rings. The Morgan fingerprint density at radius 1 is 1.00 bits per heavy atom. The molecule has 0 radical (unpaired) electrons. The van der Waals surface area contributed by atoms with Crippen molar-refractivity contribution in [3.8, 4) is 5.69 Å². The van der Waals surface area contributed by atoms with Crippen LogP contribution in [0.3, 0.4) is 0 Å². The Morgan fingerprint density at radius 3 is 2.24 bits per heavy atom. The number of hydrogen-bond acceptors (Lipinski definition) is 2. The SMILES string of the molecule is Cc1nn(-c2ccccc2)c(C)c1CCC(=O)N(C)c1ccccc1. The van der Waals surface area contributed by atoms with Crippen LogP contribution in [0, 0.1) is 13.8 Å². The molecule has 0 fully saturated rings. The van der Waals surface area contributed by atoms with E-state index in [2.05, 4.69) is 12.0 Å². The molecule has 25 heavy (non-hydrogen) atoms. The van der Waals surface area contributed by atoms with Gasteiger partial charge < -0.3 is 4.90 Å². The van der Waals surface area contributed by atoms with Crippen molar-refractivity contribution in [1.29, 1.82) is 0 Å². The molecule has 0 saturated heterocycles. The largest absolute Gasteiger partial charge is 0.315 e. The molecule has 1 aromatic heterocycles. The van der Waals surface area contributed by atoms with Crippen LogP contribution in [-0.4, -0.2) is 22.7 Å². The van der Waals surface area contributed by atoms with Gasteiger partial charge in [0, 0.05) is 24.8 Å². The number of para-hydroxylation sites is 2. The molecule has 4 nitrogen and oxygen atoms in total. The molecule has 0 aliphatic carbocycles. The summed E-state index contributed by atoms with van der Waals surface area (Å²) in [6, 6.07) is 19.8. The summed E-state index contributed by atoms with van der Waals surface area (Å²) in [6.45, 7) is 4.07. The molecule has 0 bridgehead atoms. The van der Waals surface area contributed by atoms with Gasteiger partial charge in [-0.15, -0.1) is 0 Å². The Kier molecular flexibility index (Phi) is 4.98. The number of amides is 1. The van der Waals surface area contributed by atoms with Crippen molar-refractivity contribution >= 4 is 11.6 Å². The molecule has 2 aromatic carbocycles. The highest BCUT2D eigenvalue weighted by Crippen LogP contribution is 2.20. The van der Waals surface area contributed by atoms with E-state index in [0.29, 0.717) is 12.8 Å². The maximum atomic E-state index is 12.5. The summed E-state index contributed by atoms with van der Waals surface area (Å²) >= 11 is 0. The van der Waals surface area contributed by atoms with Crippen LogP contribution in [0.5, 0.6) is 0 Å². The summed E-state index contributed by atoms with van der Waals surface area (Å²) in [7, 11) is 1.82. The van der Waals surface area contributed by atoms with Crippen molar-refractivity contribution in [3.63, 3.8) is 0 Å². The van der Waals surface area contributed by atoms with E-state index in [1.165, 1.54) is 0 Å². The van der Waals surface area contributed by atoms with Crippen LogP contribution in [0.2, 0.25) is 0 Å². The highest BCUT2D eigenvalue weighted by atomic mass is 16.2. The monoisotopic (exact) mass is 333 g/mol. The lowest BCUT2D eigenvalue weighted by Gasteiger charge is -2.17. The van der Waals surface area contributed by atoms with Gasteiger partial charge in [-0.25, -0.2) is 4.68 Å². The average molecular weight is 333 g/mol. The van der Waals surface area contributed by atoms with Gasteiger partial charge in [-0.3, -0.25) is 4.79 Å².